The lowest BCUT2D eigenvalue weighted by Gasteiger charge is -2.35. The molecule has 0 bridgehead atoms. The number of hydrogen-bond donors (Lipinski definition) is 0. The second kappa shape index (κ2) is 6.29. The van der Waals surface area contributed by atoms with Crippen molar-refractivity contribution in [3.8, 4) is 0 Å². The molecule has 2 aromatic rings. The van der Waals surface area contributed by atoms with Crippen LogP contribution in [0.1, 0.15) is 12.5 Å². The molecular weight excluding hydrogens is 332 g/mol. The first-order valence-corrected chi connectivity index (χ1v) is 8.60. The predicted octanol–water partition coefficient (Wildman–Crippen LogP) is 2.76. The van der Waals surface area contributed by atoms with Crippen LogP contribution in [0.15, 0.2) is 54.6 Å². The minimum absolute atomic E-state index is 0.194. The summed E-state index contributed by atoms with van der Waals surface area (Å²) in [6, 6.07) is 15.3. The molecular formula is C20H18N2O4. The van der Waals surface area contributed by atoms with Crippen molar-refractivity contribution in [3.05, 3.63) is 60.2 Å². The third-order valence-corrected chi connectivity index (χ3v) is 4.84. The summed E-state index contributed by atoms with van der Waals surface area (Å²) in [5.74, 6) is -1.29. The first kappa shape index (κ1) is 16.3. The lowest BCUT2D eigenvalue weighted by Crippen LogP contribution is -2.51. The number of fused-ring (bicyclic) bond motifs is 2. The smallest absolute Gasteiger partial charge is 0.415 e. The van der Waals surface area contributed by atoms with Gasteiger partial charge in [0.25, 0.3) is 5.91 Å². The molecule has 0 N–H and O–H groups in total. The highest BCUT2D eigenvalue weighted by atomic mass is 16.6. The van der Waals surface area contributed by atoms with Gasteiger partial charge in [0, 0.05) is 0 Å². The molecule has 0 spiro atoms. The zero-order chi connectivity index (χ0) is 18.3. The van der Waals surface area contributed by atoms with Crippen LogP contribution in [0.2, 0.25) is 0 Å². The zero-order valence-corrected chi connectivity index (χ0v) is 14.3. The summed E-state index contributed by atoms with van der Waals surface area (Å²) < 4.78 is 5.18. The Morgan fingerprint density at radius 1 is 1.04 bits per heavy atom. The molecule has 2 aliphatic heterocycles. The van der Waals surface area contributed by atoms with Crippen molar-refractivity contribution < 1.29 is 19.1 Å². The Labute approximate surface area is 151 Å². The first-order chi connectivity index (χ1) is 12.6. The molecule has 26 heavy (non-hydrogen) atoms. The van der Waals surface area contributed by atoms with Crippen LogP contribution in [0.5, 0.6) is 0 Å². The third-order valence-electron chi connectivity index (χ3n) is 4.84. The number of ether oxygens (including phenoxy) is 1. The minimum atomic E-state index is -0.878. The second-order valence-corrected chi connectivity index (χ2v) is 6.30. The molecule has 3 amide bonds. The monoisotopic (exact) mass is 350 g/mol. The van der Waals surface area contributed by atoms with Crippen LogP contribution >= 0.6 is 0 Å². The summed E-state index contributed by atoms with van der Waals surface area (Å²) in [4.78, 5) is 41.3. The van der Waals surface area contributed by atoms with Gasteiger partial charge < -0.3 is 4.74 Å². The van der Waals surface area contributed by atoms with Crippen LogP contribution in [-0.2, 0) is 20.7 Å². The molecule has 2 aromatic carbocycles. The van der Waals surface area contributed by atoms with E-state index < -0.39 is 24.0 Å². The van der Waals surface area contributed by atoms with Crippen LogP contribution in [0.3, 0.4) is 0 Å². The van der Waals surface area contributed by atoms with Crippen molar-refractivity contribution >= 4 is 29.3 Å². The van der Waals surface area contributed by atoms with Gasteiger partial charge in [-0.25, -0.2) is 9.69 Å². The number of carbonyl (C=O) groups is 3. The average molecular weight is 350 g/mol. The normalized spacial score (nSPS) is 21.4. The topological polar surface area (TPSA) is 66.9 Å². The summed E-state index contributed by atoms with van der Waals surface area (Å²) in [5.41, 5.74) is 2.01. The fourth-order valence-electron chi connectivity index (χ4n) is 3.74. The van der Waals surface area contributed by atoms with Crippen LogP contribution < -0.4 is 9.80 Å². The van der Waals surface area contributed by atoms with Gasteiger partial charge in [-0.05, 0) is 37.1 Å². The minimum Gasteiger partial charge on any atom is -0.449 e. The molecule has 6 nitrogen and oxygen atoms in total. The molecule has 132 valence electrons. The van der Waals surface area contributed by atoms with Crippen molar-refractivity contribution in [1.29, 1.82) is 0 Å². The zero-order valence-electron chi connectivity index (χ0n) is 14.3. The van der Waals surface area contributed by atoms with Crippen LogP contribution in [0.4, 0.5) is 16.2 Å². The molecule has 1 saturated heterocycles. The number of carbonyl (C=O) groups excluding carboxylic acids is 3. The number of anilines is 2. The number of nitrogens with zero attached hydrogens (tertiary/aromatic N) is 2. The molecule has 2 aliphatic rings. The van der Waals surface area contributed by atoms with Crippen molar-refractivity contribution in [1.82, 2.24) is 0 Å². The van der Waals surface area contributed by atoms with E-state index in [2.05, 4.69) is 0 Å². The Hall–Kier alpha value is -3.15. The van der Waals surface area contributed by atoms with Crippen molar-refractivity contribution in [2.24, 2.45) is 5.92 Å². The van der Waals surface area contributed by atoms with E-state index in [9.17, 15) is 14.4 Å². The number of para-hydroxylation sites is 2. The third kappa shape index (κ3) is 2.37. The van der Waals surface area contributed by atoms with E-state index in [1.54, 1.807) is 37.3 Å². The lowest BCUT2D eigenvalue weighted by atomic mass is 9.87. The number of amides is 3. The van der Waals surface area contributed by atoms with E-state index in [-0.39, 0.29) is 12.5 Å². The molecule has 4 rings (SSSR count). The van der Waals surface area contributed by atoms with Crippen molar-refractivity contribution in [2.75, 3.05) is 16.4 Å². The predicted molar refractivity (Wildman–Crippen MR) is 95.9 cm³/mol. The molecule has 0 unspecified atom stereocenters. The Bertz CT molecular complexity index is 880. The number of benzene rings is 2. The van der Waals surface area contributed by atoms with Crippen LogP contribution in [-0.4, -0.2) is 30.6 Å². The summed E-state index contributed by atoms with van der Waals surface area (Å²) in [7, 11) is 0. The molecule has 0 aliphatic carbocycles. The molecule has 0 saturated carbocycles. The summed E-state index contributed by atoms with van der Waals surface area (Å²) in [5, 5.41) is 0. The van der Waals surface area contributed by atoms with E-state index in [1.165, 1.54) is 9.80 Å². The van der Waals surface area contributed by atoms with Gasteiger partial charge >= 0.3 is 6.09 Å². The Morgan fingerprint density at radius 2 is 1.73 bits per heavy atom. The highest BCUT2D eigenvalue weighted by Gasteiger charge is 2.55. The van der Waals surface area contributed by atoms with Gasteiger partial charge in [-0.1, -0.05) is 36.4 Å². The van der Waals surface area contributed by atoms with E-state index in [4.69, 9.17) is 4.74 Å². The van der Waals surface area contributed by atoms with Gasteiger partial charge in [-0.15, -0.1) is 0 Å². The highest BCUT2D eigenvalue weighted by Crippen LogP contribution is 2.40. The van der Waals surface area contributed by atoms with Crippen molar-refractivity contribution in [2.45, 2.75) is 19.4 Å². The molecule has 6 heteroatoms. The maximum absolute atomic E-state index is 13.1. The van der Waals surface area contributed by atoms with Gasteiger partial charge in [-0.3, -0.25) is 14.5 Å². The Balaban J connectivity index is 1.81. The van der Waals surface area contributed by atoms with Gasteiger partial charge in [0.15, 0.2) is 0 Å². The molecule has 0 radical (unpaired) electrons. The quantitative estimate of drug-likeness (QED) is 0.781. The van der Waals surface area contributed by atoms with Gasteiger partial charge in [0.05, 0.1) is 23.9 Å². The summed E-state index contributed by atoms with van der Waals surface area (Å²) in [6.07, 6.45) is -0.185. The molecule has 2 heterocycles. The molecule has 2 atom stereocenters. The molecule has 0 aromatic heterocycles. The van der Waals surface area contributed by atoms with E-state index >= 15 is 0 Å². The van der Waals surface area contributed by atoms with Crippen LogP contribution in [0.25, 0.3) is 0 Å². The van der Waals surface area contributed by atoms with Crippen LogP contribution in [0, 0.1) is 5.92 Å². The van der Waals surface area contributed by atoms with E-state index in [0.29, 0.717) is 17.8 Å². The largest absolute Gasteiger partial charge is 0.449 e. The number of hydrogen-bond acceptors (Lipinski definition) is 4. The maximum atomic E-state index is 13.1. The summed E-state index contributed by atoms with van der Waals surface area (Å²) >= 11 is 0. The van der Waals surface area contributed by atoms with E-state index in [1.807, 2.05) is 24.3 Å². The maximum Gasteiger partial charge on any atom is 0.415 e. The number of imide groups is 1. The second-order valence-electron chi connectivity index (χ2n) is 6.30. The SMILES string of the molecule is CCOC(=O)N1c2ccccc2C[C@@H]2C(=O)N(c3ccccc3)C(=O)[C@@H]21. The average Bonchev–Trinajstić information content (AvgIpc) is 2.91. The first-order valence-electron chi connectivity index (χ1n) is 8.60. The highest BCUT2D eigenvalue weighted by molar-refractivity contribution is 6.26. The van der Waals surface area contributed by atoms with Gasteiger partial charge in [0.2, 0.25) is 5.91 Å². The fourth-order valence-corrected chi connectivity index (χ4v) is 3.74. The molecule has 1 fully saturated rings. The van der Waals surface area contributed by atoms with E-state index in [0.717, 1.165) is 5.56 Å². The van der Waals surface area contributed by atoms with Crippen molar-refractivity contribution in [3.63, 3.8) is 0 Å². The fraction of sp³-hybridized carbons (Fsp3) is 0.250. The summed E-state index contributed by atoms with van der Waals surface area (Å²) in [6.45, 7) is 1.91. The van der Waals surface area contributed by atoms with Gasteiger partial charge in [-0.2, -0.15) is 0 Å². The van der Waals surface area contributed by atoms with Gasteiger partial charge in [0.1, 0.15) is 6.04 Å². The Morgan fingerprint density at radius 3 is 2.46 bits per heavy atom. The Kier molecular flexibility index (Phi) is 3.95. The number of rotatable bonds is 2. The standard InChI is InChI=1S/C20H18N2O4/c1-2-26-20(25)22-16-11-7-6-8-13(16)12-15-17(22)19(24)21(18(15)23)14-9-4-3-5-10-14/h3-11,15,17H,2,12H2,1H3/t15-,17+/m0/s1. The lowest BCUT2D eigenvalue weighted by molar-refractivity contribution is -0.122.